The number of nitrogens with one attached hydrogen (secondary N) is 1. The van der Waals surface area contributed by atoms with Crippen LogP contribution in [0.3, 0.4) is 0 Å². The first kappa shape index (κ1) is 16.1. The monoisotopic (exact) mass is 350 g/mol. The predicted octanol–water partition coefficient (Wildman–Crippen LogP) is 4.34. The first-order valence-electron chi connectivity index (χ1n) is 9.77. The van der Waals surface area contributed by atoms with Crippen LogP contribution in [0.15, 0.2) is 34.9 Å². The van der Waals surface area contributed by atoms with Gasteiger partial charge in [0, 0.05) is 24.2 Å². The summed E-state index contributed by atoms with van der Waals surface area (Å²) >= 11 is 0. The van der Waals surface area contributed by atoms with E-state index in [1.165, 1.54) is 11.9 Å². The summed E-state index contributed by atoms with van der Waals surface area (Å²) in [5.41, 5.74) is 3.07. The summed E-state index contributed by atoms with van der Waals surface area (Å²) in [6, 6.07) is 12.0. The van der Waals surface area contributed by atoms with E-state index in [1.54, 1.807) is 0 Å². The Morgan fingerprint density at radius 1 is 1.08 bits per heavy atom. The minimum atomic E-state index is 0.441. The van der Waals surface area contributed by atoms with Gasteiger partial charge in [-0.25, -0.2) is 4.98 Å². The highest BCUT2D eigenvalue weighted by Gasteiger charge is 2.40. The fourth-order valence-electron chi connectivity index (χ4n) is 5.08. The summed E-state index contributed by atoms with van der Waals surface area (Å²) in [6.45, 7) is 6.71. The summed E-state index contributed by atoms with van der Waals surface area (Å²) < 4.78 is 7.78. The molecule has 2 bridgehead atoms. The number of hydrogen-bond donors (Lipinski definition) is 1. The van der Waals surface area contributed by atoms with E-state index in [9.17, 15) is 0 Å². The quantitative estimate of drug-likeness (QED) is 0.747. The highest BCUT2D eigenvalue weighted by atomic mass is 16.5. The van der Waals surface area contributed by atoms with E-state index >= 15 is 0 Å². The van der Waals surface area contributed by atoms with Crippen LogP contribution in [-0.2, 0) is 0 Å². The maximum Gasteiger partial charge on any atom is 0.163 e. The normalized spacial score (nSPS) is 31.4. The van der Waals surface area contributed by atoms with Gasteiger partial charge in [-0.15, -0.1) is 0 Å². The molecule has 0 amide bonds. The van der Waals surface area contributed by atoms with Gasteiger partial charge < -0.3 is 14.4 Å². The molecule has 0 spiro atoms. The van der Waals surface area contributed by atoms with E-state index in [4.69, 9.17) is 9.51 Å². The van der Waals surface area contributed by atoms with Crippen molar-refractivity contribution in [2.24, 2.45) is 11.8 Å². The van der Waals surface area contributed by atoms with Crippen molar-refractivity contribution in [1.29, 1.82) is 0 Å². The van der Waals surface area contributed by atoms with Crippen LogP contribution in [0.5, 0.6) is 0 Å². The van der Waals surface area contributed by atoms with Crippen molar-refractivity contribution in [1.82, 2.24) is 20.0 Å². The molecule has 0 saturated carbocycles. The van der Waals surface area contributed by atoms with Crippen molar-refractivity contribution < 1.29 is 4.52 Å². The van der Waals surface area contributed by atoms with Crippen LogP contribution in [0.1, 0.15) is 44.9 Å². The van der Waals surface area contributed by atoms with E-state index in [2.05, 4.69) is 53.2 Å². The summed E-state index contributed by atoms with van der Waals surface area (Å²) in [5, 5.41) is 8.15. The zero-order chi connectivity index (χ0) is 17.8. The highest BCUT2D eigenvalue weighted by molar-refractivity contribution is 5.80. The average molecular weight is 350 g/mol. The topological polar surface area (TPSA) is 55.9 Å². The Bertz CT molecular complexity index is 927. The Labute approximate surface area is 153 Å². The summed E-state index contributed by atoms with van der Waals surface area (Å²) in [7, 11) is 0. The maximum absolute atomic E-state index is 5.35. The SMILES string of the molecule is Cc1cc(-c2nc3ccccc3n2C2CC3NC(C2)C(C)CC3C)no1. The van der Waals surface area contributed by atoms with Gasteiger partial charge in [0.05, 0.1) is 11.0 Å². The van der Waals surface area contributed by atoms with Crippen LogP contribution in [0.4, 0.5) is 0 Å². The van der Waals surface area contributed by atoms with Crippen molar-refractivity contribution in [3.8, 4) is 11.5 Å². The van der Waals surface area contributed by atoms with Crippen LogP contribution in [0, 0.1) is 18.8 Å². The molecule has 2 aliphatic rings. The number of fused-ring (bicyclic) bond motifs is 3. The molecular weight excluding hydrogens is 324 g/mol. The van der Waals surface area contributed by atoms with Crippen LogP contribution in [0.25, 0.3) is 22.6 Å². The van der Waals surface area contributed by atoms with Gasteiger partial charge in [0.2, 0.25) is 0 Å². The van der Waals surface area contributed by atoms with Crippen molar-refractivity contribution in [3.05, 3.63) is 36.1 Å². The Balaban J connectivity index is 1.64. The molecule has 5 rings (SSSR count). The number of para-hydroxylation sites is 2. The Morgan fingerprint density at radius 2 is 1.81 bits per heavy atom. The number of nitrogens with zero attached hydrogens (tertiary/aromatic N) is 3. The van der Waals surface area contributed by atoms with Crippen molar-refractivity contribution in [2.75, 3.05) is 0 Å². The summed E-state index contributed by atoms with van der Waals surface area (Å²) in [4.78, 5) is 4.92. The lowest BCUT2D eigenvalue weighted by molar-refractivity contribution is 0.103. The minimum absolute atomic E-state index is 0.441. The van der Waals surface area contributed by atoms with Gasteiger partial charge in [-0.3, -0.25) is 0 Å². The molecule has 26 heavy (non-hydrogen) atoms. The van der Waals surface area contributed by atoms with Gasteiger partial charge in [-0.1, -0.05) is 31.1 Å². The molecule has 0 aliphatic carbocycles. The smallest absolute Gasteiger partial charge is 0.163 e. The van der Waals surface area contributed by atoms with Crippen LogP contribution < -0.4 is 5.32 Å². The Kier molecular flexibility index (Phi) is 3.67. The lowest BCUT2D eigenvalue weighted by atomic mass is 9.73. The molecule has 4 unspecified atom stereocenters. The lowest BCUT2D eigenvalue weighted by Gasteiger charge is -2.47. The predicted molar refractivity (Wildman–Crippen MR) is 102 cm³/mol. The molecule has 4 heterocycles. The number of imidazole rings is 1. The second-order valence-electron chi connectivity index (χ2n) is 8.31. The van der Waals surface area contributed by atoms with Gasteiger partial charge in [-0.2, -0.15) is 0 Å². The molecule has 4 atom stereocenters. The van der Waals surface area contributed by atoms with Crippen LogP contribution >= 0.6 is 0 Å². The van der Waals surface area contributed by atoms with Gasteiger partial charge in [-0.05, 0) is 50.2 Å². The van der Waals surface area contributed by atoms with Crippen LogP contribution in [-0.4, -0.2) is 26.8 Å². The van der Waals surface area contributed by atoms with Gasteiger partial charge in [0.15, 0.2) is 5.82 Å². The van der Waals surface area contributed by atoms with E-state index in [0.717, 1.165) is 47.5 Å². The number of rotatable bonds is 2. The standard InChI is InChI=1S/C21H26N4O/c1-12-8-13(2)18-11-15(10-17(12)22-18)25-20-7-5-4-6-16(20)23-21(25)19-9-14(3)26-24-19/h4-7,9,12-13,15,17-18,22H,8,10-11H2,1-3H3. The molecule has 3 aromatic rings. The van der Waals surface area contributed by atoms with Crippen molar-refractivity contribution >= 4 is 11.0 Å². The number of benzene rings is 1. The third-order valence-electron chi connectivity index (χ3n) is 6.42. The molecule has 136 valence electrons. The zero-order valence-electron chi connectivity index (χ0n) is 15.6. The first-order valence-corrected chi connectivity index (χ1v) is 9.77. The molecule has 2 aromatic heterocycles. The third-order valence-corrected chi connectivity index (χ3v) is 6.42. The molecule has 5 nitrogen and oxygen atoms in total. The Morgan fingerprint density at radius 3 is 2.50 bits per heavy atom. The van der Waals surface area contributed by atoms with E-state index < -0.39 is 0 Å². The highest BCUT2D eigenvalue weighted by Crippen LogP contribution is 2.41. The Hall–Kier alpha value is -2.14. The molecule has 0 radical (unpaired) electrons. The summed E-state index contributed by atoms with van der Waals surface area (Å²) in [6.07, 6.45) is 3.62. The molecule has 1 N–H and O–H groups in total. The van der Waals surface area contributed by atoms with Crippen molar-refractivity contribution in [2.45, 2.75) is 58.2 Å². The third kappa shape index (κ3) is 2.49. The number of hydrogen-bond acceptors (Lipinski definition) is 4. The largest absolute Gasteiger partial charge is 0.361 e. The molecular formula is C21H26N4O. The molecule has 1 aromatic carbocycles. The van der Waals surface area contributed by atoms with Crippen molar-refractivity contribution in [3.63, 3.8) is 0 Å². The zero-order valence-corrected chi connectivity index (χ0v) is 15.6. The van der Waals surface area contributed by atoms with Gasteiger partial charge >= 0.3 is 0 Å². The minimum Gasteiger partial charge on any atom is -0.361 e. The fourth-order valence-corrected chi connectivity index (χ4v) is 5.08. The summed E-state index contributed by atoms with van der Waals surface area (Å²) in [5.74, 6) is 3.20. The van der Waals surface area contributed by atoms with E-state index in [0.29, 0.717) is 18.1 Å². The van der Waals surface area contributed by atoms with E-state index in [1.807, 2.05) is 13.0 Å². The second kappa shape index (κ2) is 5.95. The average Bonchev–Trinajstić information content (AvgIpc) is 3.23. The fraction of sp³-hybridized carbons (Fsp3) is 0.524. The number of aryl methyl sites for hydroxylation is 1. The van der Waals surface area contributed by atoms with Crippen LogP contribution in [0.2, 0.25) is 0 Å². The number of piperidine rings is 2. The first-order chi connectivity index (χ1) is 12.6. The molecule has 2 fully saturated rings. The van der Waals surface area contributed by atoms with Gasteiger partial charge in [0.1, 0.15) is 11.5 Å². The lowest BCUT2D eigenvalue weighted by Crippen LogP contribution is -2.56. The second-order valence-corrected chi connectivity index (χ2v) is 8.31. The molecule has 5 heteroatoms. The maximum atomic E-state index is 5.35. The van der Waals surface area contributed by atoms with E-state index in [-0.39, 0.29) is 0 Å². The number of aromatic nitrogens is 3. The molecule has 2 aliphatic heterocycles. The van der Waals surface area contributed by atoms with Gasteiger partial charge in [0.25, 0.3) is 0 Å². The molecule has 2 saturated heterocycles.